The molecule has 0 amide bonds. The Kier molecular flexibility index (Phi) is 3.94. The second-order valence-corrected chi connectivity index (χ2v) is 3.24. The molecule has 0 aromatic heterocycles. The Hall–Kier alpha value is -1.97. The van der Waals surface area contributed by atoms with Crippen LogP contribution in [0.3, 0.4) is 0 Å². The van der Waals surface area contributed by atoms with Crippen molar-refractivity contribution in [1.82, 2.24) is 0 Å². The fraction of sp³-hybridized carbons (Fsp3) is 0.250. The van der Waals surface area contributed by atoms with Gasteiger partial charge in [-0.15, -0.1) is 0 Å². The molecule has 0 aliphatic carbocycles. The van der Waals surface area contributed by atoms with Gasteiger partial charge < -0.3 is 14.6 Å². The maximum atomic E-state index is 10.5. The van der Waals surface area contributed by atoms with Crippen LogP contribution >= 0.6 is 0 Å². The minimum absolute atomic E-state index is 0.582. The average Bonchev–Trinajstić information content (AvgIpc) is 2.27. The molecule has 86 valence electrons. The number of allylic oxidation sites excluding steroid dienone is 1. The number of aliphatic carboxylic acids is 1. The first-order valence-electron chi connectivity index (χ1n) is 4.72. The molecular formula is C12H14O4. The third-order valence-electron chi connectivity index (χ3n) is 2.18. The highest BCUT2D eigenvalue weighted by atomic mass is 16.5. The summed E-state index contributed by atoms with van der Waals surface area (Å²) < 4.78 is 10.2. The van der Waals surface area contributed by atoms with Crippen molar-refractivity contribution in [2.75, 3.05) is 14.2 Å². The van der Waals surface area contributed by atoms with Crippen LogP contribution in [0.4, 0.5) is 0 Å². The molecular weight excluding hydrogens is 208 g/mol. The van der Waals surface area contributed by atoms with E-state index in [2.05, 4.69) is 0 Å². The van der Waals surface area contributed by atoms with Gasteiger partial charge >= 0.3 is 5.97 Å². The van der Waals surface area contributed by atoms with Crippen LogP contribution in [0, 0.1) is 0 Å². The molecule has 0 saturated heterocycles. The highest BCUT2D eigenvalue weighted by molar-refractivity contribution is 5.89. The van der Waals surface area contributed by atoms with E-state index < -0.39 is 5.97 Å². The van der Waals surface area contributed by atoms with E-state index >= 15 is 0 Å². The van der Waals surface area contributed by atoms with E-state index in [0.717, 1.165) is 11.6 Å². The number of ether oxygens (including phenoxy) is 2. The molecule has 0 bridgehead atoms. The van der Waals surface area contributed by atoms with Gasteiger partial charge in [0.05, 0.1) is 14.2 Å². The highest BCUT2D eigenvalue weighted by Gasteiger charge is 2.06. The lowest BCUT2D eigenvalue weighted by Gasteiger charge is -2.09. The van der Waals surface area contributed by atoms with Gasteiger partial charge in [0, 0.05) is 6.08 Å². The summed E-state index contributed by atoms with van der Waals surface area (Å²) in [4.78, 5) is 10.5. The summed E-state index contributed by atoms with van der Waals surface area (Å²) in [5.41, 5.74) is 1.45. The number of carboxylic acid groups (broad SMARTS) is 1. The van der Waals surface area contributed by atoms with Crippen molar-refractivity contribution in [3.63, 3.8) is 0 Å². The van der Waals surface area contributed by atoms with Crippen molar-refractivity contribution >= 4 is 11.5 Å². The molecule has 0 heterocycles. The van der Waals surface area contributed by atoms with Crippen molar-refractivity contribution in [3.8, 4) is 11.5 Å². The summed E-state index contributed by atoms with van der Waals surface area (Å²) in [6, 6.07) is 5.27. The molecule has 1 aromatic carbocycles. The fourth-order valence-corrected chi connectivity index (χ4v) is 1.35. The average molecular weight is 222 g/mol. The minimum Gasteiger partial charge on any atom is -0.493 e. The smallest absolute Gasteiger partial charge is 0.328 e. The predicted octanol–water partition coefficient (Wildman–Crippen LogP) is 2.19. The Morgan fingerprint density at radius 1 is 1.25 bits per heavy atom. The minimum atomic E-state index is -0.965. The Morgan fingerprint density at radius 3 is 2.38 bits per heavy atom. The van der Waals surface area contributed by atoms with Gasteiger partial charge in [-0.1, -0.05) is 6.07 Å². The van der Waals surface area contributed by atoms with Crippen LogP contribution in [0.1, 0.15) is 12.5 Å². The summed E-state index contributed by atoms with van der Waals surface area (Å²) in [7, 11) is 3.09. The zero-order chi connectivity index (χ0) is 12.1. The SMILES string of the molecule is COc1ccc(/C(C)=C/C(=O)O)cc1OC. The molecule has 1 N–H and O–H groups in total. The Labute approximate surface area is 94.1 Å². The predicted molar refractivity (Wildman–Crippen MR) is 60.8 cm³/mol. The largest absolute Gasteiger partial charge is 0.493 e. The van der Waals surface area contributed by atoms with E-state index in [-0.39, 0.29) is 0 Å². The van der Waals surface area contributed by atoms with Crippen molar-refractivity contribution in [2.24, 2.45) is 0 Å². The summed E-state index contributed by atoms with van der Waals surface area (Å²) in [6.45, 7) is 1.73. The first kappa shape index (κ1) is 12.1. The first-order valence-corrected chi connectivity index (χ1v) is 4.72. The maximum Gasteiger partial charge on any atom is 0.328 e. The third-order valence-corrected chi connectivity index (χ3v) is 2.18. The van der Waals surface area contributed by atoms with Crippen LogP contribution in [0.5, 0.6) is 11.5 Å². The molecule has 0 spiro atoms. The summed E-state index contributed by atoms with van der Waals surface area (Å²) in [6.07, 6.45) is 1.15. The number of hydrogen-bond acceptors (Lipinski definition) is 3. The van der Waals surface area contributed by atoms with Gasteiger partial charge in [-0.2, -0.15) is 0 Å². The lowest BCUT2D eigenvalue weighted by atomic mass is 10.1. The van der Waals surface area contributed by atoms with Crippen LogP contribution < -0.4 is 9.47 Å². The van der Waals surface area contributed by atoms with E-state index in [1.165, 1.54) is 7.11 Å². The molecule has 0 atom stereocenters. The van der Waals surface area contributed by atoms with E-state index in [1.807, 2.05) is 0 Å². The molecule has 1 rings (SSSR count). The lowest BCUT2D eigenvalue weighted by molar-refractivity contribution is -0.131. The summed E-state index contributed by atoms with van der Waals surface area (Å²) in [5.74, 6) is 0.236. The van der Waals surface area contributed by atoms with Crippen molar-refractivity contribution in [2.45, 2.75) is 6.92 Å². The zero-order valence-corrected chi connectivity index (χ0v) is 9.48. The molecule has 0 radical (unpaired) electrons. The van der Waals surface area contributed by atoms with E-state index in [1.54, 1.807) is 32.2 Å². The quantitative estimate of drug-likeness (QED) is 0.793. The van der Waals surface area contributed by atoms with Crippen molar-refractivity contribution in [3.05, 3.63) is 29.8 Å². The van der Waals surface area contributed by atoms with Gasteiger partial charge in [-0.3, -0.25) is 0 Å². The molecule has 0 aliphatic rings. The van der Waals surface area contributed by atoms with Gasteiger partial charge in [0.15, 0.2) is 11.5 Å². The van der Waals surface area contributed by atoms with Gasteiger partial charge in [0.1, 0.15) is 0 Å². The first-order chi connectivity index (χ1) is 7.58. The van der Waals surface area contributed by atoms with Crippen molar-refractivity contribution in [1.29, 1.82) is 0 Å². The number of benzene rings is 1. The van der Waals surface area contributed by atoms with Crippen LogP contribution in [-0.2, 0) is 4.79 Å². The van der Waals surface area contributed by atoms with Crippen LogP contribution in [-0.4, -0.2) is 25.3 Å². The van der Waals surface area contributed by atoms with Gasteiger partial charge in [-0.25, -0.2) is 4.79 Å². The molecule has 4 nitrogen and oxygen atoms in total. The van der Waals surface area contributed by atoms with E-state index in [9.17, 15) is 4.79 Å². The summed E-state index contributed by atoms with van der Waals surface area (Å²) in [5, 5.41) is 8.64. The number of hydrogen-bond donors (Lipinski definition) is 1. The summed E-state index contributed by atoms with van der Waals surface area (Å²) >= 11 is 0. The highest BCUT2D eigenvalue weighted by Crippen LogP contribution is 2.30. The standard InChI is InChI=1S/C12H14O4/c1-8(6-12(13)14)9-4-5-10(15-2)11(7-9)16-3/h4-7H,1-3H3,(H,13,14)/b8-6+. The normalized spacial score (nSPS) is 11.1. The lowest BCUT2D eigenvalue weighted by Crippen LogP contribution is -1.93. The maximum absolute atomic E-state index is 10.5. The van der Waals surface area contributed by atoms with Gasteiger partial charge in [-0.05, 0) is 30.2 Å². The third kappa shape index (κ3) is 2.76. The van der Waals surface area contributed by atoms with E-state index in [4.69, 9.17) is 14.6 Å². The number of methoxy groups -OCH3 is 2. The molecule has 0 fully saturated rings. The van der Waals surface area contributed by atoms with Gasteiger partial charge in [0.25, 0.3) is 0 Å². The van der Waals surface area contributed by atoms with E-state index in [0.29, 0.717) is 17.1 Å². The molecule has 0 unspecified atom stereocenters. The molecule has 0 aliphatic heterocycles. The number of rotatable bonds is 4. The molecule has 16 heavy (non-hydrogen) atoms. The molecule has 4 heteroatoms. The second kappa shape index (κ2) is 5.21. The Bertz CT molecular complexity index is 421. The topological polar surface area (TPSA) is 55.8 Å². The Morgan fingerprint density at radius 2 is 1.88 bits per heavy atom. The van der Waals surface area contributed by atoms with Crippen LogP contribution in [0.15, 0.2) is 24.3 Å². The van der Waals surface area contributed by atoms with Crippen LogP contribution in [0.2, 0.25) is 0 Å². The fourth-order valence-electron chi connectivity index (χ4n) is 1.35. The Balaban J connectivity index is 3.13. The number of carbonyl (C=O) groups is 1. The second-order valence-electron chi connectivity index (χ2n) is 3.24. The van der Waals surface area contributed by atoms with Crippen molar-refractivity contribution < 1.29 is 19.4 Å². The van der Waals surface area contributed by atoms with Crippen LogP contribution in [0.25, 0.3) is 5.57 Å². The zero-order valence-electron chi connectivity index (χ0n) is 9.48. The monoisotopic (exact) mass is 222 g/mol. The molecule has 0 saturated carbocycles. The number of carboxylic acids is 1. The molecule has 1 aromatic rings. The van der Waals surface area contributed by atoms with Gasteiger partial charge in [0.2, 0.25) is 0 Å².